The van der Waals surface area contributed by atoms with Crippen molar-refractivity contribution in [2.75, 3.05) is 21.3 Å². The third-order valence-electron chi connectivity index (χ3n) is 5.73. The number of aromatic nitrogens is 2. The van der Waals surface area contributed by atoms with Gasteiger partial charge in [0.2, 0.25) is 11.8 Å². The number of amides is 1. The number of hydrazone groups is 1. The van der Waals surface area contributed by atoms with Crippen LogP contribution in [0.5, 0.6) is 23.1 Å². The monoisotopic (exact) mass is 480 g/mol. The van der Waals surface area contributed by atoms with E-state index in [0.29, 0.717) is 22.8 Å². The first kappa shape index (κ1) is 23.6. The number of para-hydroxylation sites is 2. The molecule has 182 valence electrons. The minimum atomic E-state index is -0.848. The maximum Gasteiger partial charge on any atom is 0.335 e. The number of carbonyl (C=O) groups excluding carboxylic acids is 1. The molecule has 2 aromatic carbocycles. The van der Waals surface area contributed by atoms with Crippen molar-refractivity contribution in [3.63, 3.8) is 0 Å². The topological polar surface area (TPSA) is 135 Å². The SMILES string of the molecule is COc1ccc([C@H]2CC(c3c(O)n(-c4ccccc4OC)c(=O)[nH]c3=O)=NN2C(C)=O)cc1OC. The van der Waals surface area contributed by atoms with Gasteiger partial charge in [-0.05, 0) is 29.8 Å². The number of hydrogen-bond donors (Lipinski definition) is 2. The van der Waals surface area contributed by atoms with Crippen LogP contribution in [0.2, 0.25) is 0 Å². The molecule has 0 saturated carbocycles. The van der Waals surface area contributed by atoms with Gasteiger partial charge in [-0.1, -0.05) is 18.2 Å². The predicted octanol–water partition coefficient (Wildman–Crippen LogP) is 1.95. The first-order valence-electron chi connectivity index (χ1n) is 10.6. The number of rotatable bonds is 6. The maximum atomic E-state index is 12.8. The minimum absolute atomic E-state index is 0.107. The summed E-state index contributed by atoms with van der Waals surface area (Å²) in [6.45, 7) is 1.35. The van der Waals surface area contributed by atoms with E-state index in [2.05, 4.69) is 10.1 Å². The highest BCUT2D eigenvalue weighted by atomic mass is 16.5. The maximum absolute atomic E-state index is 12.8. The molecule has 11 nitrogen and oxygen atoms in total. The highest BCUT2D eigenvalue weighted by molar-refractivity contribution is 6.04. The summed E-state index contributed by atoms with van der Waals surface area (Å²) in [7, 11) is 4.44. The fraction of sp³-hybridized carbons (Fsp3) is 0.250. The summed E-state index contributed by atoms with van der Waals surface area (Å²) in [5.41, 5.74) is -0.834. The number of nitrogens with zero attached hydrogens (tertiary/aromatic N) is 3. The average molecular weight is 480 g/mol. The van der Waals surface area contributed by atoms with Gasteiger partial charge in [-0.3, -0.25) is 14.6 Å². The van der Waals surface area contributed by atoms with Crippen molar-refractivity contribution in [3.8, 4) is 28.8 Å². The number of H-pyrrole nitrogens is 1. The third kappa shape index (κ3) is 4.12. The second-order valence-electron chi connectivity index (χ2n) is 7.71. The Labute approximate surface area is 199 Å². The van der Waals surface area contributed by atoms with E-state index >= 15 is 0 Å². The van der Waals surface area contributed by atoms with E-state index in [1.807, 2.05) is 0 Å². The Morgan fingerprint density at radius 2 is 1.71 bits per heavy atom. The Kier molecular flexibility index (Phi) is 6.32. The Balaban J connectivity index is 1.84. The van der Waals surface area contributed by atoms with Crippen molar-refractivity contribution in [1.29, 1.82) is 0 Å². The van der Waals surface area contributed by atoms with Gasteiger partial charge in [0.05, 0.1) is 38.8 Å². The van der Waals surface area contributed by atoms with Crippen LogP contribution in [0.25, 0.3) is 5.69 Å². The first-order valence-corrected chi connectivity index (χ1v) is 10.6. The lowest BCUT2D eigenvalue weighted by molar-refractivity contribution is -0.130. The molecule has 0 spiro atoms. The van der Waals surface area contributed by atoms with E-state index in [0.717, 1.165) is 4.57 Å². The number of carbonyl (C=O) groups is 1. The molecule has 3 aromatic rings. The summed E-state index contributed by atoms with van der Waals surface area (Å²) in [6.07, 6.45) is 0.107. The third-order valence-corrected chi connectivity index (χ3v) is 5.73. The van der Waals surface area contributed by atoms with E-state index in [-0.39, 0.29) is 29.3 Å². The fourth-order valence-electron chi connectivity index (χ4n) is 4.09. The minimum Gasteiger partial charge on any atom is -0.495 e. The smallest absolute Gasteiger partial charge is 0.335 e. The molecule has 0 unspecified atom stereocenters. The number of nitrogens with one attached hydrogen (secondary N) is 1. The van der Waals surface area contributed by atoms with Crippen molar-refractivity contribution < 1.29 is 24.1 Å². The molecule has 4 rings (SSSR count). The Morgan fingerprint density at radius 3 is 2.37 bits per heavy atom. The molecule has 1 aromatic heterocycles. The van der Waals surface area contributed by atoms with Crippen molar-refractivity contribution >= 4 is 11.6 Å². The second kappa shape index (κ2) is 9.37. The van der Waals surface area contributed by atoms with Gasteiger partial charge in [-0.25, -0.2) is 14.4 Å². The highest BCUT2D eigenvalue weighted by Gasteiger charge is 2.35. The lowest BCUT2D eigenvalue weighted by atomic mass is 9.98. The summed E-state index contributed by atoms with van der Waals surface area (Å²) >= 11 is 0. The standard InChI is InChI=1S/C24H24N4O7/c1-13(29)28-17(14-9-10-19(34-3)20(11-14)35-4)12-15(26-28)21-22(30)25-24(32)27(23(21)31)16-7-5-6-8-18(16)33-2/h5-11,17,31H,12H2,1-4H3,(H,25,30,32)/t17-/m1/s1. The molecule has 0 saturated heterocycles. The van der Waals surface area contributed by atoms with E-state index in [4.69, 9.17) is 14.2 Å². The number of hydrogen-bond acceptors (Lipinski definition) is 8. The molecule has 1 aliphatic rings. The van der Waals surface area contributed by atoms with E-state index in [1.165, 1.54) is 33.3 Å². The van der Waals surface area contributed by atoms with Gasteiger partial charge in [0.15, 0.2) is 11.5 Å². The van der Waals surface area contributed by atoms with Crippen LogP contribution in [-0.2, 0) is 4.79 Å². The molecule has 2 heterocycles. The molecule has 35 heavy (non-hydrogen) atoms. The molecule has 11 heteroatoms. The summed E-state index contributed by atoms with van der Waals surface area (Å²) in [6, 6.07) is 11.2. The molecule has 1 amide bonds. The molecular weight excluding hydrogens is 456 g/mol. The van der Waals surface area contributed by atoms with Gasteiger partial charge < -0.3 is 19.3 Å². The van der Waals surface area contributed by atoms with Crippen LogP contribution >= 0.6 is 0 Å². The van der Waals surface area contributed by atoms with Crippen molar-refractivity contribution in [2.45, 2.75) is 19.4 Å². The summed E-state index contributed by atoms with van der Waals surface area (Å²) in [5, 5.41) is 16.7. The van der Waals surface area contributed by atoms with Crippen molar-refractivity contribution in [2.24, 2.45) is 5.10 Å². The van der Waals surface area contributed by atoms with Gasteiger partial charge >= 0.3 is 5.69 Å². The predicted molar refractivity (Wildman–Crippen MR) is 127 cm³/mol. The summed E-state index contributed by atoms with van der Waals surface area (Å²) in [5.74, 6) is 0.312. The van der Waals surface area contributed by atoms with E-state index in [1.54, 1.807) is 42.5 Å². The van der Waals surface area contributed by atoms with Crippen LogP contribution in [0, 0.1) is 0 Å². The number of aromatic amines is 1. The number of ether oxygens (including phenoxy) is 3. The Morgan fingerprint density at radius 1 is 1.03 bits per heavy atom. The fourth-order valence-corrected chi connectivity index (χ4v) is 4.09. The Hall–Kier alpha value is -4.54. The average Bonchev–Trinajstić information content (AvgIpc) is 3.29. The molecule has 0 radical (unpaired) electrons. The van der Waals surface area contributed by atoms with Crippen LogP contribution in [0.1, 0.15) is 30.5 Å². The van der Waals surface area contributed by atoms with Crippen LogP contribution in [0.4, 0.5) is 0 Å². The number of methoxy groups -OCH3 is 3. The van der Waals surface area contributed by atoms with E-state index in [9.17, 15) is 19.5 Å². The molecular formula is C24H24N4O7. The highest BCUT2D eigenvalue weighted by Crippen LogP contribution is 2.38. The van der Waals surface area contributed by atoms with Crippen LogP contribution < -0.4 is 25.5 Å². The molecule has 0 aliphatic carbocycles. The zero-order chi connectivity index (χ0) is 25.3. The molecule has 0 bridgehead atoms. The zero-order valence-corrected chi connectivity index (χ0v) is 19.6. The summed E-state index contributed by atoms with van der Waals surface area (Å²) < 4.78 is 16.9. The molecule has 1 atom stereocenters. The summed E-state index contributed by atoms with van der Waals surface area (Å²) in [4.78, 5) is 40.1. The lowest BCUT2D eigenvalue weighted by Crippen LogP contribution is -2.33. The normalized spacial score (nSPS) is 15.0. The quantitative estimate of drug-likeness (QED) is 0.550. The number of benzene rings is 2. The molecule has 0 fully saturated rings. The lowest BCUT2D eigenvalue weighted by Gasteiger charge is -2.21. The van der Waals surface area contributed by atoms with Gasteiger partial charge in [-0.15, -0.1) is 0 Å². The van der Waals surface area contributed by atoms with Crippen LogP contribution in [0.3, 0.4) is 0 Å². The van der Waals surface area contributed by atoms with Gasteiger partial charge in [-0.2, -0.15) is 5.10 Å². The van der Waals surface area contributed by atoms with E-state index < -0.39 is 23.2 Å². The largest absolute Gasteiger partial charge is 0.495 e. The zero-order valence-electron chi connectivity index (χ0n) is 19.6. The Bertz CT molecular complexity index is 1440. The van der Waals surface area contributed by atoms with Crippen LogP contribution in [0.15, 0.2) is 57.2 Å². The molecule has 1 aliphatic heterocycles. The molecule has 2 N–H and O–H groups in total. The van der Waals surface area contributed by atoms with Gasteiger partial charge in [0.25, 0.3) is 5.56 Å². The van der Waals surface area contributed by atoms with Gasteiger partial charge in [0, 0.05) is 13.3 Å². The van der Waals surface area contributed by atoms with Crippen molar-refractivity contribution in [3.05, 3.63) is 74.4 Å². The number of aromatic hydroxyl groups is 1. The van der Waals surface area contributed by atoms with Gasteiger partial charge in [0.1, 0.15) is 11.3 Å². The first-order chi connectivity index (χ1) is 16.8. The van der Waals surface area contributed by atoms with Crippen molar-refractivity contribution in [1.82, 2.24) is 14.6 Å². The van der Waals surface area contributed by atoms with Crippen LogP contribution in [-0.4, -0.2) is 52.6 Å². The second-order valence-corrected chi connectivity index (χ2v) is 7.71.